The van der Waals surface area contributed by atoms with Gasteiger partial charge in [0, 0.05) is 12.5 Å². The highest BCUT2D eigenvalue weighted by Crippen LogP contribution is 2.35. The number of nitrogens with zero attached hydrogens (tertiary/aromatic N) is 4. The Balaban J connectivity index is 1.19. The molecule has 9 nitrogen and oxygen atoms in total. The van der Waals surface area contributed by atoms with Gasteiger partial charge in [-0.15, -0.1) is 13.2 Å². The molecule has 46 heavy (non-hydrogen) atoms. The predicted molar refractivity (Wildman–Crippen MR) is 175 cm³/mol. The summed E-state index contributed by atoms with van der Waals surface area (Å²) in [5, 5.41) is 4.91. The van der Waals surface area contributed by atoms with E-state index in [0.717, 1.165) is 34.4 Å². The van der Waals surface area contributed by atoms with Crippen molar-refractivity contribution in [1.29, 1.82) is 0 Å². The van der Waals surface area contributed by atoms with E-state index in [1.165, 1.54) is 36.0 Å². The van der Waals surface area contributed by atoms with E-state index in [2.05, 4.69) is 39.3 Å². The Kier molecular flexibility index (Phi) is 10.0. The number of urea groups is 1. The molecule has 3 amide bonds. The second kappa shape index (κ2) is 14.0. The maximum Gasteiger partial charge on any atom is 0.573 e. The number of hydrogen-bond acceptors (Lipinski definition) is 7. The second-order valence-electron chi connectivity index (χ2n) is 11.2. The lowest BCUT2D eigenvalue weighted by atomic mass is 9.95. The monoisotopic (exact) mass is 652 g/mol. The van der Waals surface area contributed by atoms with Gasteiger partial charge >= 0.3 is 12.4 Å². The minimum absolute atomic E-state index is 0.0328. The summed E-state index contributed by atoms with van der Waals surface area (Å²) in [5.74, 6) is 0.0471. The number of carbonyl (C=O) groups is 2. The van der Waals surface area contributed by atoms with Crippen molar-refractivity contribution in [3.05, 3.63) is 89.0 Å². The first kappa shape index (κ1) is 33.0. The average molecular weight is 653 g/mol. The lowest BCUT2D eigenvalue weighted by Gasteiger charge is -2.23. The van der Waals surface area contributed by atoms with Crippen molar-refractivity contribution in [3.8, 4) is 5.75 Å². The number of anilines is 2. The highest BCUT2D eigenvalue weighted by molar-refractivity contribution is 8.15. The molecular formula is C33H35F3N6O3S. The van der Waals surface area contributed by atoms with E-state index < -0.39 is 12.4 Å². The van der Waals surface area contributed by atoms with Crippen LogP contribution in [0.25, 0.3) is 0 Å². The SMILES string of the molecule is CCC(CNC(=O)/N=C1\SCC(=O)N1c1cccc(C)c1C(C)C)c1ccc(C2N=CN(c3ccc(OC(F)(F)F)cc3)N2)cc1. The molecule has 0 spiro atoms. The topological polar surface area (TPSA) is 98.6 Å². The Morgan fingerprint density at radius 2 is 1.85 bits per heavy atom. The number of hydrogen-bond donors (Lipinski definition) is 2. The minimum atomic E-state index is -4.75. The molecule has 2 aliphatic heterocycles. The maximum atomic E-state index is 12.9. The molecule has 1 saturated heterocycles. The predicted octanol–water partition coefficient (Wildman–Crippen LogP) is 7.41. The number of hydrazine groups is 1. The van der Waals surface area contributed by atoms with E-state index in [0.29, 0.717) is 17.4 Å². The van der Waals surface area contributed by atoms with E-state index in [-0.39, 0.29) is 35.4 Å². The third-order valence-corrected chi connectivity index (χ3v) is 8.66. The van der Waals surface area contributed by atoms with Crippen LogP contribution in [0.5, 0.6) is 5.75 Å². The fourth-order valence-corrected chi connectivity index (χ4v) is 6.38. The van der Waals surface area contributed by atoms with E-state index in [9.17, 15) is 22.8 Å². The molecule has 2 atom stereocenters. The van der Waals surface area contributed by atoms with Gasteiger partial charge < -0.3 is 10.1 Å². The quantitative estimate of drug-likeness (QED) is 0.250. The zero-order chi connectivity index (χ0) is 33.0. The highest BCUT2D eigenvalue weighted by Gasteiger charge is 2.33. The molecule has 242 valence electrons. The summed E-state index contributed by atoms with van der Waals surface area (Å²) in [7, 11) is 0. The minimum Gasteiger partial charge on any atom is -0.406 e. The van der Waals surface area contributed by atoms with Crippen molar-refractivity contribution in [1.82, 2.24) is 10.7 Å². The van der Waals surface area contributed by atoms with Crippen molar-refractivity contribution in [3.63, 3.8) is 0 Å². The fraction of sp³-hybridized carbons (Fsp3) is 0.333. The molecule has 0 aliphatic carbocycles. The lowest BCUT2D eigenvalue weighted by Crippen LogP contribution is -2.33. The highest BCUT2D eigenvalue weighted by atomic mass is 32.2. The molecule has 3 aromatic carbocycles. The number of rotatable bonds is 9. The molecular weight excluding hydrogens is 617 g/mol. The molecule has 0 bridgehead atoms. The van der Waals surface area contributed by atoms with Gasteiger partial charge in [0.05, 0.1) is 17.1 Å². The first-order valence-corrected chi connectivity index (χ1v) is 15.9. The Morgan fingerprint density at radius 1 is 1.13 bits per heavy atom. The molecule has 2 heterocycles. The average Bonchev–Trinajstić information content (AvgIpc) is 3.64. The van der Waals surface area contributed by atoms with Crippen molar-refractivity contribution < 1.29 is 27.5 Å². The van der Waals surface area contributed by atoms with Gasteiger partial charge in [-0.05, 0) is 71.8 Å². The van der Waals surface area contributed by atoms with Crippen LogP contribution >= 0.6 is 11.8 Å². The molecule has 2 unspecified atom stereocenters. The van der Waals surface area contributed by atoms with Crippen molar-refractivity contribution >= 4 is 46.6 Å². The Bertz CT molecular complexity index is 1630. The Labute approximate surface area is 269 Å². The number of benzene rings is 3. The number of amidine groups is 1. The van der Waals surface area contributed by atoms with Gasteiger partial charge in [-0.1, -0.05) is 68.9 Å². The van der Waals surface area contributed by atoms with Gasteiger partial charge in [-0.3, -0.25) is 14.7 Å². The van der Waals surface area contributed by atoms with Crippen LogP contribution in [0.2, 0.25) is 0 Å². The van der Waals surface area contributed by atoms with Gasteiger partial charge in [0.15, 0.2) is 5.17 Å². The number of amides is 3. The molecule has 2 N–H and O–H groups in total. The second-order valence-corrected chi connectivity index (χ2v) is 12.2. The molecule has 13 heteroatoms. The van der Waals surface area contributed by atoms with E-state index in [1.54, 1.807) is 16.2 Å². The number of ether oxygens (including phenoxy) is 1. The number of halogens is 3. The van der Waals surface area contributed by atoms with Crippen LogP contribution in [0.4, 0.5) is 29.3 Å². The van der Waals surface area contributed by atoms with Crippen molar-refractivity contribution in [2.45, 2.75) is 58.5 Å². The van der Waals surface area contributed by atoms with E-state index >= 15 is 0 Å². The standard InChI is InChI=1S/C33H35F3N6O3S/c1-5-22(17-37-31(44)39-32-42(28(43)18-46-32)27-8-6-7-21(4)29(27)20(2)3)23-9-11-24(12-10-23)30-38-19-41(40-30)25-13-15-26(16-14-25)45-33(34,35)36/h6-16,19-20,22,30,40H,5,17-18H2,1-4H3,(H,37,44)/b39-32-. The van der Waals surface area contributed by atoms with Crippen molar-refractivity contribution in [2.75, 3.05) is 22.2 Å². The van der Waals surface area contributed by atoms with Crippen LogP contribution in [0.3, 0.4) is 0 Å². The molecule has 0 saturated carbocycles. The summed E-state index contributed by atoms with van der Waals surface area (Å²) in [6, 6.07) is 18.7. The van der Waals surface area contributed by atoms with Gasteiger partial charge in [0.25, 0.3) is 0 Å². The van der Waals surface area contributed by atoms with Gasteiger partial charge in [0.1, 0.15) is 18.3 Å². The van der Waals surface area contributed by atoms with Crippen LogP contribution in [0.1, 0.15) is 67.4 Å². The van der Waals surface area contributed by atoms with Crippen LogP contribution in [0, 0.1) is 6.92 Å². The lowest BCUT2D eigenvalue weighted by molar-refractivity contribution is -0.274. The third-order valence-electron chi connectivity index (χ3n) is 7.74. The van der Waals surface area contributed by atoms with Crippen molar-refractivity contribution in [2.24, 2.45) is 9.98 Å². The zero-order valence-corrected chi connectivity index (χ0v) is 26.7. The maximum absolute atomic E-state index is 12.9. The summed E-state index contributed by atoms with van der Waals surface area (Å²) in [5.41, 5.74) is 8.64. The van der Waals surface area contributed by atoms with Crippen LogP contribution in [-0.2, 0) is 4.79 Å². The molecule has 5 rings (SSSR count). The number of carbonyl (C=O) groups excluding carboxylic acids is 2. The summed E-state index contributed by atoms with van der Waals surface area (Å²) in [6.07, 6.45) is -2.78. The van der Waals surface area contributed by atoms with Gasteiger partial charge in [0.2, 0.25) is 5.91 Å². The molecule has 3 aromatic rings. The zero-order valence-electron chi connectivity index (χ0n) is 25.8. The molecule has 0 radical (unpaired) electrons. The summed E-state index contributed by atoms with van der Waals surface area (Å²) in [6.45, 7) is 8.58. The number of alkyl halides is 3. The Morgan fingerprint density at radius 3 is 2.50 bits per heavy atom. The normalized spacial score (nSPS) is 18.1. The number of aryl methyl sites for hydroxylation is 1. The van der Waals surface area contributed by atoms with E-state index in [4.69, 9.17) is 0 Å². The Hall–Kier alpha value is -4.36. The largest absolute Gasteiger partial charge is 0.573 e. The molecule has 2 aliphatic rings. The smallest absolute Gasteiger partial charge is 0.406 e. The van der Waals surface area contributed by atoms with Gasteiger partial charge in [-0.2, -0.15) is 10.4 Å². The third kappa shape index (κ3) is 7.71. The summed E-state index contributed by atoms with van der Waals surface area (Å²) < 4.78 is 41.3. The number of thioether (sulfide) groups is 1. The van der Waals surface area contributed by atoms with Crippen LogP contribution < -0.4 is 25.4 Å². The first-order valence-electron chi connectivity index (χ1n) is 14.9. The summed E-state index contributed by atoms with van der Waals surface area (Å²) >= 11 is 1.26. The number of nitrogens with one attached hydrogen (secondary N) is 2. The van der Waals surface area contributed by atoms with Crippen LogP contribution in [0.15, 0.2) is 76.7 Å². The number of aliphatic imine (C=N–C) groups is 2. The summed E-state index contributed by atoms with van der Waals surface area (Å²) in [4.78, 5) is 36.1. The fourth-order valence-electron chi connectivity index (χ4n) is 5.52. The van der Waals surface area contributed by atoms with Crippen LogP contribution in [-0.4, -0.2) is 42.1 Å². The van der Waals surface area contributed by atoms with Gasteiger partial charge in [-0.25, -0.2) is 9.79 Å². The molecule has 0 aromatic heterocycles. The first-order chi connectivity index (χ1) is 21.9. The van der Waals surface area contributed by atoms with E-state index in [1.807, 2.05) is 56.3 Å². The molecule has 1 fully saturated rings.